The molecule has 0 heterocycles. The fourth-order valence-corrected chi connectivity index (χ4v) is 3.25. The summed E-state index contributed by atoms with van der Waals surface area (Å²) in [6, 6.07) is 21.8. The van der Waals surface area contributed by atoms with Crippen LogP contribution in [0.4, 0.5) is 0 Å². The van der Waals surface area contributed by atoms with Gasteiger partial charge in [0.2, 0.25) is 0 Å². The number of benzene rings is 3. The van der Waals surface area contributed by atoms with E-state index in [9.17, 15) is 34.4 Å². The number of hydrogen-bond donors (Lipinski definition) is 2. The van der Waals surface area contributed by atoms with Crippen molar-refractivity contribution in [2.24, 2.45) is 0 Å². The van der Waals surface area contributed by atoms with E-state index in [1.54, 1.807) is 30.3 Å². The second-order valence-corrected chi connectivity index (χ2v) is 9.50. The van der Waals surface area contributed by atoms with Crippen LogP contribution in [-0.2, 0) is 30.4 Å². The third kappa shape index (κ3) is 13.2. The van der Waals surface area contributed by atoms with E-state index in [0.29, 0.717) is 0 Å². The first-order valence-corrected chi connectivity index (χ1v) is 12.1. The minimum absolute atomic E-state index is 0. The van der Waals surface area contributed by atoms with Gasteiger partial charge in [-0.2, -0.15) is 8.42 Å². The zero-order valence-corrected chi connectivity index (χ0v) is 21.2. The van der Waals surface area contributed by atoms with Gasteiger partial charge in [0.15, 0.2) is 0 Å². The van der Waals surface area contributed by atoms with Crippen molar-refractivity contribution in [3.63, 3.8) is 0 Å². The van der Waals surface area contributed by atoms with Crippen molar-refractivity contribution in [3.05, 3.63) is 91.0 Å². The molecule has 170 valence electrons. The van der Waals surface area contributed by atoms with Gasteiger partial charge in [0.05, 0.1) is 14.7 Å². The van der Waals surface area contributed by atoms with Crippen LogP contribution in [0.1, 0.15) is 0 Å². The minimum atomic E-state index is -4.25. The Labute approximate surface area is 217 Å². The predicted octanol–water partition coefficient (Wildman–Crippen LogP) is 1.90. The molecule has 0 unspecified atom stereocenters. The van der Waals surface area contributed by atoms with Gasteiger partial charge in [-0.15, -0.1) is 0 Å². The Morgan fingerprint density at radius 3 is 0.844 bits per heavy atom. The van der Waals surface area contributed by atoms with Gasteiger partial charge >= 0.3 is 37.7 Å². The van der Waals surface area contributed by atoms with E-state index in [-0.39, 0.29) is 58.6 Å². The largest absolute Gasteiger partial charge is 2.00 e. The van der Waals surface area contributed by atoms with E-state index in [0.717, 1.165) is 0 Å². The number of hydrogen-bond acceptors (Lipinski definition) is 9. The zero-order chi connectivity index (χ0) is 22.8. The Balaban J connectivity index is 0. The maximum atomic E-state index is 10.4. The SMILES string of the molecule is N.O=S(=O)(O)c1ccccc1.O=S(=O)([O-])c1ccccc1.O=S(=O)([O-])c1ccccc1.[Ca+2]. The fourth-order valence-electron chi connectivity index (χ4n) is 1.77. The van der Waals surface area contributed by atoms with Crippen LogP contribution in [-0.4, -0.2) is 76.6 Å². The second-order valence-electron chi connectivity index (χ2n) is 5.32. The Hall–Kier alpha value is -1.39. The van der Waals surface area contributed by atoms with E-state index < -0.39 is 30.4 Å². The van der Waals surface area contributed by atoms with Crippen molar-refractivity contribution in [2.75, 3.05) is 0 Å². The molecule has 0 atom stereocenters. The average molecular weight is 530 g/mol. The Kier molecular flexibility index (Phi) is 15.1. The number of rotatable bonds is 3. The minimum Gasteiger partial charge on any atom is -0.744 e. The smallest absolute Gasteiger partial charge is 0.744 e. The van der Waals surface area contributed by atoms with E-state index in [1.165, 1.54) is 60.7 Å². The molecule has 3 aromatic rings. The standard InChI is InChI=1S/3C6H6O3S.Ca.H3N/c3*7-10(8,9)6-4-2-1-3-5-6;;/h3*1-5H,(H,7,8,9);;1H3/q;;;+2;/p-2. The quantitative estimate of drug-likeness (QED) is 0.372. The molecule has 10 nitrogen and oxygen atoms in total. The Morgan fingerprint density at radius 2 is 0.719 bits per heavy atom. The summed E-state index contributed by atoms with van der Waals surface area (Å²) in [5, 5.41) is 0. The molecule has 4 N–H and O–H groups in total. The molecular weight excluding hydrogens is 510 g/mol. The normalized spacial score (nSPS) is 10.6. The monoisotopic (exact) mass is 529 g/mol. The van der Waals surface area contributed by atoms with E-state index in [1.807, 2.05) is 0 Å². The fraction of sp³-hybridized carbons (Fsp3) is 0. The summed E-state index contributed by atoms with van der Waals surface area (Å²) >= 11 is 0. The van der Waals surface area contributed by atoms with Crippen molar-refractivity contribution in [2.45, 2.75) is 14.7 Å². The van der Waals surface area contributed by atoms with Gasteiger partial charge < -0.3 is 15.3 Å². The molecule has 0 bridgehead atoms. The maximum absolute atomic E-state index is 10.4. The molecule has 3 rings (SSSR count). The molecule has 0 aromatic heterocycles. The predicted molar refractivity (Wildman–Crippen MR) is 116 cm³/mol. The van der Waals surface area contributed by atoms with Gasteiger partial charge in [-0.3, -0.25) is 4.55 Å². The van der Waals surface area contributed by atoms with Crippen LogP contribution < -0.4 is 6.15 Å². The molecule has 0 aliphatic rings. The van der Waals surface area contributed by atoms with Crippen LogP contribution in [0.3, 0.4) is 0 Å². The molecule has 32 heavy (non-hydrogen) atoms. The van der Waals surface area contributed by atoms with Crippen LogP contribution in [0.2, 0.25) is 0 Å². The molecule has 0 saturated carbocycles. The van der Waals surface area contributed by atoms with Crippen LogP contribution >= 0.6 is 0 Å². The van der Waals surface area contributed by atoms with Crippen molar-refractivity contribution < 1.29 is 38.9 Å². The van der Waals surface area contributed by atoms with Gasteiger partial charge in [0.1, 0.15) is 20.2 Å². The Bertz CT molecular complexity index is 1080. The van der Waals surface area contributed by atoms with Crippen LogP contribution in [0.25, 0.3) is 0 Å². The maximum Gasteiger partial charge on any atom is 2.00 e. The molecule has 0 fully saturated rings. The summed E-state index contributed by atoms with van der Waals surface area (Å²) in [7, 11) is -12.5. The van der Waals surface area contributed by atoms with E-state index in [4.69, 9.17) is 4.55 Å². The second kappa shape index (κ2) is 14.7. The summed E-state index contributed by atoms with van der Waals surface area (Å²) in [4.78, 5) is -0.444. The summed E-state index contributed by atoms with van der Waals surface area (Å²) in [6.45, 7) is 0. The van der Waals surface area contributed by atoms with Gasteiger partial charge in [-0.05, 0) is 36.4 Å². The van der Waals surface area contributed by atoms with Crippen molar-refractivity contribution in [1.29, 1.82) is 0 Å². The van der Waals surface area contributed by atoms with Gasteiger partial charge in [0, 0.05) is 0 Å². The first-order valence-electron chi connectivity index (χ1n) is 7.86. The molecule has 0 aliphatic carbocycles. The van der Waals surface area contributed by atoms with Crippen LogP contribution in [0.15, 0.2) is 106 Å². The summed E-state index contributed by atoms with van der Waals surface area (Å²) in [5.41, 5.74) is 0. The Morgan fingerprint density at radius 1 is 0.500 bits per heavy atom. The van der Waals surface area contributed by atoms with E-state index >= 15 is 0 Å². The molecule has 0 saturated heterocycles. The van der Waals surface area contributed by atoms with E-state index in [2.05, 4.69) is 0 Å². The first-order chi connectivity index (χ1) is 13.8. The molecule has 0 aliphatic heterocycles. The molecular formula is C18H19CaNO9S3. The van der Waals surface area contributed by atoms with Gasteiger partial charge in [-0.25, -0.2) is 16.8 Å². The summed E-state index contributed by atoms with van der Waals surface area (Å²) in [6.07, 6.45) is 0. The first kappa shape index (κ1) is 32.8. The third-order valence-electron chi connectivity index (χ3n) is 3.10. The molecule has 0 spiro atoms. The topological polar surface area (TPSA) is 204 Å². The summed E-state index contributed by atoms with van der Waals surface area (Å²) in [5.74, 6) is 0. The molecule has 0 radical (unpaired) electrons. The van der Waals surface area contributed by atoms with Crippen molar-refractivity contribution in [3.8, 4) is 0 Å². The third-order valence-corrected chi connectivity index (χ3v) is 5.67. The summed E-state index contributed by atoms with van der Waals surface area (Å²) < 4.78 is 90.9. The van der Waals surface area contributed by atoms with Crippen LogP contribution in [0, 0.1) is 0 Å². The van der Waals surface area contributed by atoms with Crippen molar-refractivity contribution in [1.82, 2.24) is 6.15 Å². The molecule has 14 heteroatoms. The average Bonchev–Trinajstić information content (AvgIpc) is 2.69. The molecule has 3 aromatic carbocycles. The zero-order valence-electron chi connectivity index (χ0n) is 16.5. The van der Waals surface area contributed by atoms with Gasteiger partial charge in [-0.1, -0.05) is 54.6 Å². The van der Waals surface area contributed by atoms with Gasteiger partial charge in [0.25, 0.3) is 10.1 Å². The van der Waals surface area contributed by atoms with Crippen LogP contribution in [0.5, 0.6) is 0 Å². The molecule has 0 amide bonds. The van der Waals surface area contributed by atoms with Crippen molar-refractivity contribution >= 4 is 68.1 Å².